The first-order chi connectivity index (χ1) is 8.60. The van der Waals surface area contributed by atoms with Gasteiger partial charge in [0.2, 0.25) is 0 Å². The third-order valence-corrected chi connectivity index (χ3v) is 3.88. The van der Waals surface area contributed by atoms with Gasteiger partial charge in [-0.1, -0.05) is 11.6 Å². The molecule has 0 bridgehead atoms. The number of rotatable bonds is 2. The van der Waals surface area contributed by atoms with Crippen molar-refractivity contribution < 1.29 is 0 Å². The monoisotopic (exact) mass is 384 g/mol. The number of anilines is 2. The highest BCUT2D eigenvalue weighted by atomic mass is 79.9. The summed E-state index contributed by atoms with van der Waals surface area (Å²) in [5.41, 5.74) is 2.35. The molecule has 0 aliphatic carbocycles. The molecule has 0 aromatic heterocycles. The molecule has 0 fully saturated rings. The summed E-state index contributed by atoms with van der Waals surface area (Å²) >= 11 is 12.8. The molecule has 0 saturated heterocycles. The Bertz CT molecular complexity index is 635. The molecule has 0 unspecified atom stereocenters. The molecule has 5 heteroatoms. The van der Waals surface area contributed by atoms with Crippen LogP contribution >= 0.6 is 43.5 Å². The van der Waals surface area contributed by atoms with Crippen molar-refractivity contribution in [3.63, 3.8) is 0 Å². The van der Waals surface area contributed by atoms with E-state index in [1.54, 1.807) is 12.1 Å². The summed E-state index contributed by atoms with van der Waals surface area (Å²) in [5.74, 6) is 0. The molecule has 0 saturated carbocycles. The maximum Gasteiger partial charge on any atom is 0.0992 e. The van der Waals surface area contributed by atoms with Crippen LogP contribution in [0, 0.1) is 11.3 Å². The van der Waals surface area contributed by atoms with Gasteiger partial charge < -0.3 is 5.32 Å². The average Bonchev–Trinajstić information content (AvgIpc) is 2.36. The minimum Gasteiger partial charge on any atom is -0.354 e. The van der Waals surface area contributed by atoms with Crippen molar-refractivity contribution in [1.82, 2.24) is 0 Å². The van der Waals surface area contributed by atoms with E-state index in [-0.39, 0.29) is 0 Å². The molecule has 0 aliphatic rings. The van der Waals surface area contributed by atoms with E-state index in [1.165, 1.54) is 0 Å². The first kappa shape index (κ1) is 13.4. The zero-order valence-electron chi connectivity index (χ0n) is 9.05. The van der Waals surface area contributed by atoms with Gasteiger partial charge in [0.05, 0.1) is 23.0 Å². The van der Waals surface area contributed by atoms with E-state index in [0.717, 1.165) is 20.3 Å². The molecule has 2 nitrogen and oxygen atoms in total. The predicted molar refractivity (Wildman–Crippen MR) is 81.3 cm³/mol. The van der Waals surface area contributed by atoms with Crippen LogP contribution in [0.5, 0.6) is 0 Å². The van der Waals surface area contributed by atoms with Gasteiger partial charge in [-0.15, -0.1) is 0 Å². The van der Waals surface area contributed by atoms with E-state index in [2.05, 4.69) is 43.2 Å². The molecule has 18 heavy (non-hydrogen) atoms. The zero-order chi connectivity index (χ0) is 13.1. The third-order valence-electron chi connectivity index (χ3n) is 2.30. The van der Waals surface area contributed by atoms with E-state index >= 15 is 0 Å². The molecule has 0 atom stereocenters. The maximum absolute atomic E-state index is 8.81. The number of nitrogens with one attached hydrogen (secondary N) is 1. The van der Waals surface area contributed by atoms with E-state index in [0.29, 0.717) is 10.6 Å². The smallest absolute Gasteiger partial charge is 0.0992 e. The summed E-state index contributed by atoms with van der Waals surface area (Å²) in [6, 6.07) is 13.0. The van der Waals surface area contributed by atoms with Crippen LogP contribution in [0.1, 0.15) is 5.56 Å². The number of nitriles is 1. The summed E-state index contributed by atoms with van der Waals surface area (Å²) in [5, 5.41) is 12.7. The average molecular weight is 386 g/mol. The lowest BCUT2D eigenvalue weighted by atomic mass is 10.2. The lowest BCUT2D eigenvalue weighted by molar-refractivity contribution is 1.45. The fraction of sp³-hybridized carbons (Fsp3) is 0. The van der Waals surface area contributed by atoms with Crippen LogP contribution in [-0.4, -0.2) is 0 Å². The Balaban J connectivity index is 2.34. The quantitative estimate of drug-likeness (QED) is 0.742. The van der Waals surface area contributed by atoms with Crippen molar-refractivity contribution in [2.75, 3.05) is 5.32 Å². The third kappa shape index (κ3) is 3.05. The number of nitrogens with zero attached hydrogens (tertiary/aromatic N) is 1. The number of hydrogen-bond donors (Lipinski definition) is 1. The summed E-state index contributed by atoms with van der Waals surface area (Å²) in [6.07, 6.45) is 0. The molecule has 0 spiro atoms. The van der Waals surface area contributed by atoms with E-state index in [4.69, 9.17) is 16.9 Å². The number of benzene rings is 2. The standard InChI is InChI=1S/C13H7Br2ClN2/c14-10-3-2-9(16)6-13(10)18-12-4-1-8(7-17)5-11(12)15/h1-6,18H. The summed E-state index contributed by atoms with van der Waals surface area (Å²) in [4.78, 5) is 0. The van der Waals surface area contributed by atoms with E-state index in [1.807, 2.05) is 24.3 Å². The van der Waals surface area contributed by atoms with Crippen molar-refractivity contribution in [3.05, 3.63) is 55.9 Å². The first-order valence-electron chi connectivity index (χ1n) is 5.02. The van der Waals surface area contributed by atoms with Crippen molar-refractivity contribution >= 4 is 54.8 Å². The molecule has 90 valence electrons. The Morgan fingerprint density at radius 2 is 1.78 bits per heavy atom. The van der Waals surface area contributed by atoms with Crippen molar-refractivity contribution in [2.24, 2.45) is 0 Å². The Morgan fingerprint density at radius 1 is 1.00 bits per heavy atom. The van der Waals surface area contributed by atoms with Gasteiger partial charge in [-0.25, -0.2) is 0 Å². The predicted octanol–water partition coefficient (Wildman–Crippen LogP) is 5.48. The fourth-order valence-corrected chi connectivity index (χ4v) is 2.42. The van der Waals surface area contributed by atoms with Gasteiger partial charge in [-0.3, -0.25) is 0 Å². The highest BCUT2D eigenvalue weighted by Crippen LogP contribution is 2.32. The second-order valence-electron chi connectivity index (χ2n) is 3.56. The minimum absolute atomic E-state index is 0.609. The van der Waals surface area contributed by atoms with Crippen molar-refractivity contribution in [3.8, 4) is 6.07 Å². The summed E-state index contributed by atoms with van der Waals surface area (Å²) < 4.78 is 1.75. The normalized spacial score (nSPS) is 9.89. The van der Waals surface area contributed by atoms with Crippen LogP contribution in [0.15, 0.2) is 45.3 Å². The zero-order valence-corrected chi connectivity index (χ0v) is 13.0. The van der Waals surface area contributed by atoms with Gasteiger partial charge in [-0.05, 0) is 68.3 Å². The first-order valence-corrected chi connectivity index (χ1v) is 6.98. The molecule has 2 rings (SSSR count). The van der Waals surface area contributed by atoms with Crippen molar-refractivity contribution in [1.29, 1.82) is 5.26 Å². The van der Waals surface area contributed by atoms with Gasteiger partial charge in [0.25, 0.3) is 0 Å². The lowest BCUT2D eigenvalue weighted by Gasteiger charge is -2.11. The molecule has 2 aromatic rings. The molecule has 0 amide bonds. The number of halogens is 3. The van der Waals surface area contributed by atoms with Gasteiger partial charge in [0.1, 0.15) is 0 Å². The highest BCUT2D eigenvalue weighted by molar-refractivity contribution is 9.11. The van der Waals surface area contributed by atoms with Gasteiger partial charge in [0, 0.05) is 14.0 Å². The van der Waals surface area contributed by atoms with Crippen LogP contribution in [0.4, 0.5) is 11.4 Å². The van der Waals surface area contributed by atoms with Crippen LogP contribution in [0.3, 0.4) is 0 Å². The molecule has 0 heterocycles. The molecular weight excluding hydrogens is 379 g/mol. The maximum atomic E-state index is 8.81. The van der Waals surface area contributed by atoms with Gasteiger partial charge in [0.15, 0.2) is 0 Å². The molecule has 0 radical (unpaired) electrons. The summed E-state index contributed by atoms with van der Waals surface area (Å²) in [6.45, 7) is 0. The Labute approximate surface area is 127 Å². The second kappa shape index (κ2) is 5.75. The second-order valence-corrected chi connectivity index (χ2v) is 5.70. The topological polar surface area (TPSA) is 35.8 Å². The molecule has 0 aliphatic heterocycles. The van der Waals surface area contributed by atoms with Crippen LogP contribution < -0.4 is 5.32 Å². The van der Waals surface area contributed by atoms with Crippen molar-refractivity contribution in [2.45, 2.75) is 0 Å². The Kier molecular flexibility index (Phi) is 4.28. The van der Waals surface area contributed by atoms with Gasteiger partial charge in [-0.2, -0.15) is 5.26 Å². The highest BCUT2D eigenvalue weighted by Gasteiger charge is 2.05. The van der Waals surface area contributed by atoms with Gasteiger partial charge >= 0.3 is 0 Å². The fourth-order valence-electron chi connectivity index (χ4n) is 1.42. The van der Waals surface area contributed by atoms with Crippen LogP contribution in [0.2, 0.25) is 5.02 Å². The number of hydrogen-bond acceptors (Lipinski definition) is 2. The SMILES string of the molecule is N#Cc1ccc(Nc2cc(Cl)ccc2Br)c(Br)c1. The molecule has 1 N–H and O–H groups in total. The van der Waals surface area contributed by atoms with E-state index < -0.39 is 0 Å². The summed E-state index contributed by atoms with van der Waals surface area (Å²) in [7, 11) is 0. The minimum atomic E-state index is 0.609. The molecule has 2 aromatic carbocycles. The Hall–Kier alpha value is -1.02. The largest absolute Gasteiger partial charge is 0.354 e. The van der Waals surface area contributed by atoms with Crippen LogP contribution in [0.25, 0.3) is 0 Å². The van der Waals surface area contributed by atoms with E-state index in [9.17, 15) is 0 Å². The Morgan fingerprint density at radius 3 is 2.44 bits per heavy atom. The lowest BCUT2D eigenvalue weighted by Crippen LogP contribution is -1.93. The molecular formula is C13H7Br2ClN2. The van der Waals surface area contributed by atoms with Crippen LogP contribution in [-0.2, 0) is 0 Å².